The van der Waals surface area contributed by atoms with Crippen molar-refractivity contribution in [2.24, 2.45) is 5.16 Å². The summed E-state index contributed by atoms with van der Waals surface area (Å²) in [6, 6.07) is 4.83. The van der Waals surface area contributed by atoms with Crippen molar-refractivity contribution in [1.29, 1.82) is 0 Å². The minimum atomic E-state index is -3.62. The van der Waals surface area contributed by atoms with Crippen LogP contribution in [-0.2, 0) is 20.4 Å². The Labute approximate surface area is 133 Å². The number of rotatable bonds is 4. The van der Waals surface area contributed by atoms with E-state index >= 15 is 0 Å². The van der Waals surface area contributed by atoms with Gasteiger partial charge in [-0.25, -0.2) is 8.42 Å². The number of oxime groups is 1. The van der Waals surface area contributed by atoms with Crippen LogP contribution < -0.4 is 4.74 Å². The van der Waals surface area contributed by atoms with Crippen LogP contribution in [0.2, 0.25) is 5.02 Å². The molecule has 0 radical (unpaired) electrons. The molecule has 0 aromatic heterocycles. The fourth-order valence-electron chi connectivity index (χ4n) is 1.93. The molecular weight excluding hydrogens is 337 g/mol. The second-order valence-electron chi connectivity index (χ2n) is 5.05. The maximum atomic E-state index is 12.4. The van der Waals surface area contributed by atoms with Crippen LogP contribution >= 0.6 is 23.2 Å². The molecule has 8 heteroatoms. The van der Waals surface area contributed by atoms with Crippen LogP contribution in [0, 0.1) is 0 Å². The monoisotopic (exact) mass is 351 g/mol. The van der Waals surface area contributed by atoms with Gasteiger partial charge in [-0.15, -0.1) is 11.6 Å². The summed E-state index contributed by atoms with van der Waals surface area (Å²) in [6.07, 6.45) is 0.154. The molecule has 1 aliphatic heterocycles. The van der Waals surface area contributed by atoms with Gasteiger partial charge in [0.2, 0.25) is 0 Å². The molecule has 0 N–H and O–H groups in total. The molecule has 116 valence electrons. The van der Waals surface area contributed by atoms with Crippen LogP contribution in [0.3, 0.4) is 0 Å². The predicted octanol–water partition coefficient (Wildman–Crippen LogP) is 2.99. The average molecular weight is 352 g/mol. The number of hydrogen-bond acceptors (Lipinski definition) is 5. The Hall–Kier alpha value is -0.980. The molecule has 0 saturated heterocycles. The molecule has 5 nitrogen and oxygen atoms in total. The van der Waals surface area contributed by atoms with Crippen molar-refractivity contribution in [2.45, 2.75) is 24.7 Å². The van der Waals surface area contributed by atoms with Crippen LogP contribution in [0.15, 0.2) is 23.4 Å². The first kappa shape index (κ1) is 16.4. The fourth-order valence-corrected chi connectivity index (χ4v) is 3.75. The Bertz CT molecular complexity index is 675. The van der Waals surface area contributed by atoms with E-state index in [0.29, 0.717) is 16.3 Å². The molecule has 2 rings (SSSR count). The smallest absolute Gasteiger partial charge is 0.199 e. The van der Waals surface area contributed by atoms with Crippen LogP contribution in [0.4, 0.5) is 0 Å². The van der Waals surface area contributed by atoms with Gasteiger partial charge < -0.3 is 9.57 Å². The number of halogens is 2. The van der Waals surface area contributed by atoms with Crippen molar-refractivity contribution in [1.82, 2.24) is 0 Å². The molecule has 0 saturated carbocycles. The Balaban J connectivity index is 2.25. The quantitative estimate of drug-likeness (QED) is 0.782. The van der Waals surface area contributed by atoms with Crippen LogP contribution in [-0.4, -0.2) is 32.1 Å². The highest BCUT2D eigenvalue weighted by molar-refractivity contribution is 8.05. The Morgan fingerprint density at radius 3 is 2.76 bits per heavy atom. The molecule has 1 unspecified atom stereocenters. The lowest BCUT2D eigenvalue weighted by Crippen LogP contribution is -2.28. The first-order valence-electron chi connectivity index (χ1n) is 6.16. The second-order valence-corrected chi connectivity index (χ2v) is 7.74. The van der Waals surface area contributed by atoms with Crippen LogP contribution in [0.25, 0.3) is 0 Å². The molecule has 0 bridgehead atoms. The molecule has 1 atom stereocenters. The van der Waals surface area contributed by atoms with Gasteiger partial charge in [-0.1, -0.05) is 16.8 Å². The normalized spacial score (nSPS) is 21.8. The molecule has 0 amide bonds. The number of alkyl halides is 1. The van der Waals surface area contributed by atoms with Crippen molar-refractivity contribution >= 4 is 38.1 Å². The SMILES string of the molecule is COc1ccc(Cl)cc1CS(=O)(=O)C1=NOC(C)(CCl)C1. The minimum Gasteiger partial charge on any atom is -0.496 e. The maximum Gasteiger partial charge on any atom is 0.199 e. The van der Waals surface area contributed by atoms with Crippen molar-refractivity contribution in [3.63, 3.8) is 0 Å². The summed E-state index contributed by atoms with van der Waals surface area (Å²) in [4.78, 5) is 5.13. The van der Waals surface area contributed by atoms with E-state index in [2.05, 4.69) is 5.16 Å². The molecule has 1 aromatic rings. The summed E-state index contributed by atoms with van der Waals surface area (Å²) in [5.41, 5.74) is -0.297. The number of methoxy groups -OCH3 is 1. The van der Waals surface area contributed by atoms with Crippen molar-refractivity contribution in [2.75, 3.05) is 13.0 Å². The van der Waals surface area contributed by atoms with E-state index < -0.39 is 15.4 Å². The third-order valence-corrected chi connectivity index (χ3v) is 5.55. The van der Waals surface area contributed by atoms with Gasteiger partial charge in [0.15, 0.2) is 20.5 Å². The van der Waals surface area contributed by atoms with E-state index in [1.807, 2.05) is 0 Å². The first-order chi connectivity index (χ1) is 9.79. The van der Waals surface area contributed by atoms with E-state index in [4.69, 9.17) is 32.8 Å². The van der Waals surface area contributed by atoms with Gasteiger partial charge in [0.05, 0.1) is 18.7 Å². The maximum absolute atomic E-state index is 12.4. The number of ether oxygens (including phenoxy) is 1. The summed E-state index contributed by atoms with van der Waals surface area (Å²) < 4.78 is 30.0. The van der Waals surface area contributed by atoms with Gasteiger partial charge in [-0.2, -0.15) is 0 Å². The first-order valence-corrected chi connectivity index (χ1v) is 8.72. The molecule has 1 heterocycles. The number of nitrogens with zero attached hydrogens (tertiary/aromatic N) is 1. The van der Waals surface area contributed by atoms with E-state index in [1.54, 1.807) is 25.1 Å². The minimum absolute atomic E-state index is 0.00678. The average Bonchev–Trinajstić information content (AvgIpc) is 2.83. The summed E-state index contributed by atoms with van der Waals surface area (Å²) in [6.45, 7) is 1.71. The molecule has 0 spiro atoms. The van der Waals surface area contributed by atoms with E-state index in [-0.39, 0.29) is 23.1 Å². The highest BCUT2D eigenvalue weighted by Crippen LogP contribution is 2.30. The zero-order valence-corrected chi connectivity index (χ0v) is 13.9. The van der Waals surface area contributed by atoms with Gasteiger partial charge in [0.25, 0.3) is 0 Å². The highest BCUT2D eigenvalue weighted by atomic mass is 35.5. The number of benzene rings is 1. The van der Waals surface area contributed by atoms with Gasteiger partial charge in [0.1, 0.15) is 5.75 Å². The summed E-state index contributed by atoms with van der Waals surface area (Å²) >= 11 is 11.7. The summed E-state index contributed by atoms with van der Waals surface area (Å²) in [5, 5.41) is 4.11. The van der Waals surface area contributed by atoms with Gasteiger partial charge in [0, 0.05) is 17.0 Å². The Kier molecular flexibility index (Phi) is 4.70. The summed E-state index contributed by atoms with van der Waals surface area (Å²) in [7, 11) is -2.14. The van der Waals surface area contributed by atoms with Crippen molar-refractivity contribution < 1.29 is 18.0 Å². The standard InChI is InChI=1S/C13H15Cl2NO4S/c1-13(8-14)6-12(16-20-13)21(17,18)7-9-5-10(15)3-4-11(9)19-2/h3-5H,6-8H2,1-2H3. The molecule has 21 heavy (non-hydrogen) atoms. The third kappa shape index (κ3) is 3.62. The lowest BCUT2D eigenvalue weighted by Gasteiger charge is -2.16. The van der Waals surface area contributed by atoms with Gasteiger partial charge in [-0.05, 0) is 25.1 Å². The number of hydrogen-bond donors (Lipinski definition) is 0. The molecule has 0 fully saturated rings. The Morgan fingerprint density at radius 1 is 1.48 bits per heavy atom. The molecular formula is C13H15Cl2NO4S. The largest absolute Gasteiger partial charge is 0.496 e. The van der Waals surface area contributed by atoms with E-state index in [1.165, 1.54) is 7.11 Å². The van der Waals surface area contributed by atoms with Crippen LogP contribution in [0.1, 0.15) is 18.9 Å². The van der Waals surface area contributed by atoms with Gasteiger partial charge >= 0.3 is 0 Å². The van der Waals surface area contributed by atoms with E-state index in [9.17, 15) is 8.42 Å². The zero-order chi connectivity index (χ0) is 15.7. The van der Waals surface area contributed by atoms with Crippen molar-refractivity contribution in [3.8, 4) is 5.75 Å². The highest BCUT2D eigenvalue weighted by Gasteiger charge is 2.39. The summed E-state index contributed by atoms with van der Waals surface area (Å²) in [5.74, 6) is 0.371. The van der Waals surface area contributed by atoms with E-state index in [0.717, 1.165) is 0 Å². The topological polar surface area (TPSA) is 65.0 Å². The predicted molar refractivity (Wildman–Crippen MR) is 82.9 cm³/mol. The third-order valence-electron chi connectivity index (χ3n) is 3.12. The molecule has 1 aliphatic rings. The lowest BCUT2D eigenvalue weighted by atomic mass is 10.1. The Morgan fingerprint density at radius 2 is 2.19 bits per heavy atom. The number of sulfone groups is 1. The molecule has 0 aliphatic carbocycles. The lowest BCUT2D eigenvalue weighted by molar-refractivity contribution is 0.0152. The van der Waals surface area contributed by atoms with Gasteiger partial charge in [-0.3, -0.25) is 0 Å². The van der Waals surface area contributed by atoms with Crippen molar-refractivity contribution in [3.05, 3.63) is 28.8 Å². The van der Waals surface area contributed by atoms with Crippen LogP contribution in [0.5, 0.6) is 5.75 Å². The zero-order valence-electron chi connectivity index (χ0n) is 11.6. The second kappa shape index (κ2) is 6.02. The molecule has 1 aromatic carbocycles. The fraction of sp³-hybridized carbons (Fsp3) is 0.462.